The van der Waals surface area contributed by atoms with Crippen molar-refractivity contribution in [1.29, 1.82) is 0 Å². The molecule has 1 aliphatic rings. The second-order valence-electron chi connectivity index (χ2n) is 11.8. The highest BCUT2D eigenvalue weighted by molar-refractivity contribution is 5.81. The highest BCUT2D eigenvalue weighted by Gasteiger charge is 2.40. The van der Waals surface area contributed by atoms with Crippen LogP contribution in [0.2, 0.25) is 0 Å². The molecule has 5 N–H and O–H groups in total. The summed E-state index contributed by atoms with van der Waals surface area (Å²) in [7, 11) is 3.69. The van der Waals surface area contributed by atoms with E-state index in [0.29, 0.717) is 24.5 Å². The zero-order valence-electron chi connectivity index (χ0n) is 24.7. The molecule has 9 heteroatoms. The Morgan fingerprint density at radius 1 is 1.20 bits per heavy atom. The number of carbonyl (C=O) groups is 1. The molecule has 216 valence electrons. The first-order valence-electron chi connectivity index (χ1n) is 13.9. The minimum atomic E-state index is -1.09. The lowest BCUT2D eigenvalue weighted by Crippen LogP contribution is -2.33. The van der Waals surface area contributed by atoms with Gasteiger partial charge in [0.05, 0.1) is 28.5 Å². The second-order valence-corrected chi connectivity index (χ2v) is 11.8. The van der Waals surface area contributed by atoms with Crippen molar-refractivity contribution in [3.63, 3.8) is 0 Å². The first-order valence-corrected chi connectivity index (χ1v) is 13.9. The number of carboxylic acid groups (broad SMARTS) is 1. The number of hydrazine groups is 1. The quantitative estimate of drug-likeness (QED) is 0.170. The van der Waals surface area contributed by atoms with Crippen molar-refractivity contribution >= 4 is 28.2 Å². The lowest BCUT2D eigenvalue weighted by Gasteiger charge is -2.34. The number of benzene rings is 3. The van der Waals surface area contributed by atoms with Gasteiger partial charge in [0.1, 0.15) is 12.4 Å². The molecule has 9 nitrogen and oxygen atoms in total. The number of nitrogens with zero attached hydrogens (tertiary/aromatic N) is 4. The number of aryl methyl sites for hydroxylation is 2. The highest BCUT2D eigenvalue weighted by Crippen LogP contribution is 2.45. The number of ether oxygens (including phenoxy) is 1. The summed E-state index contributed by atoms with van der Waals surface area (Å²) in [5, 5.41) is 17.3. The molecule has 0 radical (unpaired) electrons. The van der Waals surface area contributed by atoms with Gasteiger partial charge in [-0.2, -0.15) is 5.10 Å². The predicted octanol–water partition coefficient (Wildman–Crippen LogP) is 4.72. The van der Waals surface area contributed by atoms with Crippen molar-refractivity contribution in [2.24, 2.45) is 18.3 Å². The number of carboxylic acids is 1. The van der Waals surface area contributed by atoms with Crippen LogP contribution in [0.4, 0.5) is 11.4 Å². The average Bonchev–Trinajstić information content (AvgIpc) is 3.14. The first-order chi connectivity index (χ1) is 19.4. The third kappa shape index (κ3) is 5.23. The van der Waals surface area contributed by atoms with Gasteiger partial charge in [-0.3, -0.25) is 14.4 Å². The summed E-state index contributed by atoms with van der Waals surface area (Å²) < 4.78 is 8.02. The fourth-order valence-corrected chi connectivity index (χ4v) is 5.96. The lowest BCUT2D eigenvalue weighted by molar-refractivity contribution is -0.147. The molecule has 41 heavy (non-hydrogen) atoms. The summed E-state index contributed by atoms with van der Waals surface area (Å²) in [4.78, 5) is 15.0. The Bertz CT molecular complexity index is 1620. The van der Waals surface area contributed by atoms with Gasteiger partial charge in [-0.05, 0) is 73.7 Å². The largest absolute Gasteiger partial charge is 0.492 e. The molecule has 0 aliphatic carbocycles. The molecule has 4 aromatic rings. The molecule has 0 spiro atoms. The maximum atomic E-state index is 12.6. The van der Waals surface area contributed by atoms with Gasteiger partial charge in [-0.15, -0.1) is 0 Å². The maximum Gasteiger partial charge on any atom is 0.310 e. The van der Waals surface area contributed by atoms with Gasteiger partial charge < -0.3 is 20.6 Å². The van der Waals surface area contributed by atoms with Gasteiger partial charge in [0.25, 0.3) is 0 Å². The SMILES string of the molecule is Cc1ccc(C(c2ccc(N(C)N)c(N)c2C)C(C)(C)C(=O)O)cc1CN1CCOc2cc3cnn(C)c3cc2C1. The molecular weight excluding hydrogens is 516 g/mol. The Morgan fingerprint density at radius 2 is 1.95 bits per heavy atom. The molecule has 0 amide bonds. The van der Waals surface area contributed by atoms with Crippen LogP contribution < -0.4 is 21.3 Å². The summed E-state index contributed by atoms with van der Waals surface area (Å²) in [5.41, 5.74) is 13.8. The van der Waals surface area contributed by atoms with Crippen LogP contribution in [0.5, 0.6) is 5.75 Å². The van der Waals surface area contributed by atoms with Crippen LogP contribution in [0, 0.1) is 19.3 Å². The molecule has 3 aromatic carbocycles. The molecule has 5 rings (SSSR count). The molecule has 0 saturated heterocycles. The summed E-state index contributed by atoms with van der Waals surface area (Å²) in [6, 6.07) is 14.4. The number of nitrogens with two attached hydrogens (primary N) is 2. The van der Waals surface area contributed by atoms with E-state index in [-0.39, 0.29) is 0 Å². The van der Waals surface area contributed by atoms with E-state index in [9.17, 15) is 9.90 Å². The van der Waals surface area contributed by atoms with Crippen LogP contribution in [-0.2, 0) is 24.9 Å². The molecule has 2 heterocycles. The number of hydrogen-bond donors (Lipinski definition) is 3. The van der Waals surface area contributed by atoms with Gasteiger partial charge in [0.15, 0.2) is 0 Å². The minimum absolute atomic E-state index is 0.426. The molecule has 1 unspecified atom stereocenters. The van der Waals surface area contributed by atoms with Crippen molar-refractivity contribution in [1.82, 2.24) is 14.7 Å². The van der Waals surface area contributed by atoms with E-state index in [4.69, 9.17) is 16.3 Å². The molecule has 1 aliphatic heterocycles. The smallest absolute Gasteiger partial charge is 0.310 e. The average molecular weight is 557 g/mol. The third-order valence-corrected chi connectivity index (χ3v) is 8.59. The fourth-order valence-electron chi connectivity index (χ4n) is 5.96. The number of nitrogen functional groups attached to an aromatic ring is 1. The first kappa shape index (κ1) is 28.4. The van der Waals surface area contributed by atoms with E-state index >= 15 is 0 Å². The minimum Gasteiger partial charge on any atom is -0.492 e. The van der Waals surface area contributed by atoms with Gasteiger partial charge in [0, 0.05) is 50.6 Å². The van der Waals surface area contributed by atoms with Crippen molar-refractivity contribution < 1.29 is 14.6 Å². The zero-order valence-corrected chi connectivity index (χ0v) is 24.7. The third-order valence-electron chi connectivity index (χ3n) is 8.59. The lowest BCUT2D eigenvalue weighted by atomic mass is 9.69. The number of aliphatic carboxylic acids is 1. The van der Waals surface area contributed by atoms with Gasteiger partial charge >= 0.3 is 5.97 Å². The molecular formula is C32H40N6O3. The normalized spacial score (nSPS) is 14.8. The molecule has 0 saturated carbocycles. The van der Waals surface area contributed by atoms with E-state index in [0.717, 1.165) is 63.1 Å². The van der Waals surface area contributed by atoms with E-state index in [1.165, 1.54) is 5.01 Å². The number of anilines is 2. The molecule has 1 aromatic heterocycles. The maximum absolute atomic E-state index is 12.6. The Kier molecular flexibility index (Phi) is 7.44. The molecule has 1 atom stereocenters. The Balaban J connectivity index is 1.52. The zero-order chi connectivity index (χ0) is 29.6. The number of rotatable bonds is 7. The molecule has 0 bridgehead atoms. The van der Waals surface area contributed by atoms with Crippen LogP contribution in [0.3, 0.4) is 0 Å². The van der Waals surface area contributed by atoms with E-state index < -0.39 is 17.3 Å². The van der Waals surface area contributed by atoms with Crippen LogP contribution in [0.15, 0.2) is 48.7 Å². The number of hydrogen-bond acceptors (Lipinski definition) is 7. The van der Waals surface area contributed by atoms with Crippen LogP contribution >= 0.6 is 0 Å². The van der Waals surface area contributed by atoms with E-state index in [1.807, 2.05) is 43.0 Å². The summed E-state index contributed by atoms with van der Waals surface area (Å²) in [6.45, 7) is 10.4. The van der Waals surface area contributed by atoms with Gasteiger partial charge in [-0.25, -0.2) is 5.84 Å². The monoisotopic (exact) mass is 556 g/mol. The van der Waals surface area contributed by atoms with Gasteiger partial charge in [0.2, 0.25) is 0 Å². The van der Waals surface area contributed by atoms with E-state index in [2.05, 4.69) is 41.2 Å². The number of aromatic nitrogens is 2. The van der Waals surface area contributed by atoms with Crippen molar-refractivity contribution in [2.45, 2.75) is 46.7 Å². The summed E-state index contributed by atoms with van der Waals surface area (Å²) in [5.74, 6) is 5.60. The Hall–Kier alpha value is -4.08. The van der Waals surface area contributed by atoms with Crippen molar-refractivity contribution in [3.8, 4) is 5.75 Å². The standard InChI is InChI=1S/C32H40N6O3/c1-19-7-8-21(29(32(3,4)31(39)40)25-9-10-26(36(5)34)30(33)20(25)2)13-23(19)17-38-11-12-41-28-15-22-16-35-37(6)27(22)14-24(28)18-38/h7-10,13-16,29H,11-12,17-18,33-34H2,1-6H3,(H,39,40). The topological polar surface area (TPSA) is 123 Å². The second kappa shape index (κ2) is 10.7. The summed E-state index contributed by atoms with van der Waals surface area (Å²) >= 11 is 0. The fraction of sp³-hybridized carbons (Fsp3) is 0.375. The predicted molar refractivity (Wildman–Crippen MR) is 163 cm³/mol. The van der Waals surface area contributed by atoms with Crippen molar-refractivity contribution in [2.75, 3.05) is 30.9 Å². The molecule has 0 fully saturated rings. The van der Waals surface area contributed by atoms with Gasteiger partial charge in [-0.1, -0.05) is 24.3 Å². The highest BCUT2D eigenvalue weighted by atomic mass is 16.5. The van der Waals surface area contributed by atoms with Crippen LogP contribution in [0.1, 0.15) is 53.1 Å². The Morgan fingerprint density at radius 3 is 2.66 bits per heavy atom. The van der Waals surface area contributed by atoms with Crippen molar-refractivity contribution in [3.05, 3.63) is 82.0 Å². The number of fused-ring (bicyclic) bond motifs is 2. The van der Waals surface area contributed by atoms with Crippen LogP contribution in [0.25, 0.3) is 10.9 Å². The van der Waals surface area contributed by atoms with Crippen LogP contribution in [-0.4, -0.2) is 46.0 Å². The summed E-state index contributed by atoms with van der Waals surface area (Å²) in [6.07, 6.45) is 1.86. The van der Waals surface area contributed by atoms with E-state index in [1.54, 1.807) is 20.9 Å². The Labute approximate surface area is 241 Å².